The van der Waals surface area contributed by atoms with Crippen LogP contribution in [0.1, 0.15) is 24.8 Å². The zero-order chi connectivity index (χ0) is 11.8. The van der Waals surface area contributed by atoms with Gasteiger partial charge in [-0.05, 0) is 36.8 Å². The van der Waals surface area contributed by atoms with Crippen molar-refractivity contribution in [2.24, 2.45) is 11.8 Å². The Morgan fingerprint density at radius 1 is 1.24 bits per heavy atom. The second-order valence-corrected chi connectivity index (χ2v) is 5.79. The van der Waals surface area contributed by atoms with Crippen LogP contribution in [-0.2, 0) is 5.33 Å². The standard InChI is InChI=1S/C14H17BrFN/c15-7-12-13(16)5-2-6-14(12)17-8-10-3-1-4-11(10)9-17/h2,5-6,10-11H,1,3-4,7-9H2. The van der Waals surface area contributed by atoms with Gasteiger partial charge in [0.15, 0.2) is 0 Å². The third-order valence-corrected chi connectivity index (χ3v) is 4.86. The fourth-order valence-electron chi connectivity index (χ4n) is 3.41. The lowest BCUT2D eigenvalue weighted by Gasteiger charge is -2.22. The van der Waals surface area contributed by atoms with Crippen LogP contribution >= 0.6 is 15.9 Å². The monoisotopic (exact) mass is 297 g/mol. The molecule has 2 unspecified atom stereocenters. The molecule has 1 aliphatic heterocycles. The quantitative estimate of drug-likeness (QED) is 0.747. The Bertz CT molecular complexity index is 409. The van der Waals surface area contributed by atoms with Crippen molar-refractivity contribution in [2.75, 3.05) is 18.0 Å². The molecule has 0 amide bonds. The van der Waals surface area contributed by atoms with E-state index in [1.165, 1.54) is 19.3 Å². The van der Waals surface area contributed by atoms with Gasteiger partial charge in [-0.2, -0.15) is 0 Å². The Balaban J connectivity index is 1.88. The molecule has 0 radical (unpaired) electrons. The van der Waals surface area contributed by atoms with E-state index < -0.39 is 0 Å². The molecule has 2 aliphatic rings. The largest absolute Gasteiger partial charge is 0.371 e. The van der Waals surface area contributed by atoms with Crippen molar-refractivity contribution in [3.63, 3.8) is 0 Å². The third-order valence-electron chi connectivity index (χ3n) is 4.29. The van der Waals surface area contributed by atoms with Gasteiger partial charge in [-0.3, -0.25) is 0 Å². The normalized spacial score (nSPS) is 27.5. The Labute approximate surface area is 110 Å². The number of hydrogen-bond donors (Lipinski definition) is 0. The summed E-state index contributed by atoms with van der Waals surface area (Å²) in [6.45, 7) is 2.24. The lowest BCUT2D eigenvalue weighted by atomic mass is 10.0. The van der Waals surface area contributed by atoms with Crippen molar-refractivity contribution in [1.82, 2.24) is 0 Å². The maximum atomic E-state index is 13.7. The molecule has 1 nitrogen and oxygen atoms in total. The van der Waals surface area contributed by atoms with Gasteiger partial charge in [0, 0.05) is 29.7 Å². The number of benzene rings is 1. The summed E-state index contributed by atoms with van der Waals surface area (Å²) in [7, 11) is 0. The fraction of sp³-hybridized carbons (Fsp3) is 0.571. The first-order valence-corrected chi connectivity index (χ1v) is 7.50. The highest BCUT2D eigenvalue weighted by molar-refractivity contribution is 9.08. The zero-order valence-corrected chi connectivity index (χ0v) is 11.4. The zero-order valence-electron chi connectivity index (χ0n) is 9.83. The van der Waals surface area contributed by atoms with Crippen molar-refractivity contribution in [2.45, 2.75) is 24.6 Å². The van der Waals surface area contributed by atoms with Crippen molar-refractivity contribution in [3.8, 4) is 0 Å². The predicted octanol–water partition coefficient (Wildman–Crippen LogP) is 3.96. The SMILES string of the molecule is Fc1cccc(N2CC3CCCC3C2)c1CBr. The molecule has 3 heteroatoms. The van der Waals surface area contributed by atoms with Crippen LogP contribution in [0.5, 0.6) is 0 Å². The van der Waals surface area contributed by atoms with Crippen LogP contribution in [0.2, 0.25) is 0 Å². The summed E-state index contributed by atoms with van der Waals surface area (Å²) < 4.78 is 13.7. The maximum absolute atomic E-state index is 13.7. The molecule has 0 aromatic heterocycles. The van der Waals surface area contributed by atoms with Crippen LogP contribution in [0.15, 0.2) is 18.2 Å². The van der Waals surface area contributed by atoms with Crippen LogP contribution < -0.4 is 4.90 Å². The molecule has 1 aliphatic carbocycles. The molecule has 3 rings (SSSR count). The summed E-state index contributed by atoms with van der Waals surface area (Å²) in [6, 6.07) is 5.43. The predicted molar refractivity (Wildman–Crippen MR) is 72.1 cm³/mol. The van der Waals surface area contributed by atoms with Gasteiger partial charge < -0.3 is 4.90 Å². The summed E-state index contributed by atoms with van der Waals surface area (Å²) in [5.74, 6) is 1.61. The van der Waals surface area contributed by atoms with E-state index in [4.69, 9.17) is 0 Å². The Hall–Kier alpha value is -0.570. The van der Waals surface area contributed by atoms with Gasteiger partial charge in [0.1, 0.15) is 5.82 Å². The van der Waals surface area contributed by atoms with Gasteiger partial charge >= 0.3 is 0 Å². The highest BCUT2D eigenvalue weighted by atomic mass is 79.9. The molecule has 0 spiro atoms. The Kier molecular flexibility index (Phi) is 3.12. The minimum atomic E-state index is -0.0866. The molecule has 1 heterocycles. The first-order chi connectivity index (χ1) is 8.29. The lowest BCUT2D eigenvalue weighted by molar-refractivity contribution is 0.494. The van der Waals surface area contributed by atoms with Crippen LogP contribution in [0.3, 0.4) is 0 Å². The van der Waals surface area contributed by atoms with Crippen molar-refractivity contribution >= 4 is 21.6 Å². The molecule has 2 atom stereocenters. The molecular formula is C14H17BrFN. The van der Waals surface area contributed by atoms with E-state index in [0.29, 0.717) is 5.33 Å². The fourth-order valence-corrected chi connectivity index (χ4v) is 3.96. The number of alkyl halides is 1. The maximum Gasteiger partial charge on any atom is 0.129 e. The minimum Gasteiger partial charge on any atom is -0.371 e. The summed E-state index contributed by atoms with van der Waals surface area (Å²) in [5.41, 5.74) is 1.91. The van der Waals surface area contributed by atoms with E-state index in [1.54, 1.807) is 6.07 Å². The Morgan fingerprint density at radius 2 is 1.94 bits per heavy atom. The average molecular weight is 298 g/mol. The van der Waals surface area contributed by atoms with Crippen LogP contribution in [0, 0.1) is 17.7 Å². The van der Waals surface area contributed by atoms with Gasteiger partial charge in [-0.15, -0.1) is 0 Å². The first-order valence-electron chi connectivity index (χ1n) is 6.38. The van der Waals surface area contributed by atoms with E-state index in [2.05, 4.69) is 26.9 Å². The molecule has 0 bridgehead atoms. The van der Waals surface area contributed by atoms with E-state index >= 15 is 0 Å². The van der Waals surface area contributed by atoms with Crippen molar-refractivity contribution in [3.05, 3.63) is 29.6 Å². The minimum absolute atomic E-state index is 0.0866. The molecule has 0 N–H and O–H groups in total. The van der Waals surface area contributed by atoms with E-state index in [0.717, 1.165) is 36.2 Å². The molecule has 17 heavy (non-hydrogen) atoms. The Morgan fingerprint density at radius 3 is 2.59 bits per heavy atom. The van der Waals surface area contributed by atoms with Gasteiger partial charge in [-0.1, -0.05) is 28.4 Å². The van der Waals surface area contributed by atoms with Gasteiger partial charge in [-0.25, -0.2) is 4.39 Å². The average Bonchev–Trinajstić information content (AvgIpc) is 2.88. The van der Waals surface area contributed by atoms with Gasteiger partial charge in [0.25, 0.3) is 0 Å². The molecule has 1 saturated carbocycles. The van der Waals surface area contributed by atoms with E-state index in [-0.39, 0.29) is 5.82 Å². The van der Waals surface area contributed by atoms with Crippen molar-refractivity contribution < 1.29 is 4.39 Å². The molecule has 1 aromatic carbocycles. The molecule has 2 fully saturated rings. The number of hydrogen-bond acceptors (Lipinski definition) is 1. The van der Waals surface area contributed by atoms with Gasteiger partial charge in [0.05, 0.1) is 0 Å². The third kappa shape index (κ3) is 1.99. The van der Waals surface area contributed by atoms with Crippen LogP contribution in [0.25, 0.3) is 0 Å². The van der Waals surface area contributed by atoms with E-state index in [1.807, 2.05) is 6.07 Å². The summed E-state index contributed by atoms with van der Waals surface area (Å²) >= 11 is 3.40. The highest BCUT2D eigenvalue weighted by Crippen LogP contribution is 2.40. The summed E-state index contributed by atoms with van der Waals surface area (Å²) in [4.78, 5) is 2.38. The van der Waals surface area contributed by atoms with E-state index in [9.17, 15) is 4.39 Å². The first kappa shape index (κ1) is 11.5. The number of fused-ring (bicyclic) bond motifs is 1. The number of halogens is 2. The molecule has 92 valence electrons. The van der Waals surface area contributed by atoms with Crippen LogP contribution in [0.4, 0.5) is 10.1 Å². The summed E-state index contributed by atoms with van der Waals surface area (Å²) in [5, 5.41) is 0.598. The van der Waals surface area contributed by atoms with Crippen LogP contribution in [-0.4, -0.2) is 13.1 Å². The number of rotatable bonds is 2. The van der Waals surface area contributed by atoms with Crippen molar-refractivity contribution in [1.29, 1.82) is 0 Å². The second-order valence-electron chi connectivity index (χ2n) is 5.23. The highest BCUT2D eigenvalue weighted by Gasteiger charge is 2.36. The molecular weight excluding hydrogens is 281 g/mol. The molecule has 1 aromatic rings. The topological polar surface area (TPSA) is 3.24 Å². The number of anilines is 1. The second kappa shape index (κ2) is 4.60. The number of nitrogens with zero attached hydrogens (tertiary/aromatic N) is 1. The molecule has 1 saturated heterocycles. The smallest absolute Gasteiger partial charge is 0.129 e. The summed E-state index contributed by atoms with van der Waals surface area (Å²) in [6.07, 6.45) is 4.11. The van der Waals surface area contributed by atoms with Gasteiger partial charge in [0.2, 0.25) is 0 Å². The lowest BCUT2D eigenvalue weighted by Crippen LogP contribution is -2.22.